The minimum absolute atomic E-state index is 0.244. The molecule has 4 N–H and O–H groups in total. The van der Waals surface area contributed by atoms with Crippen LogP contribution in [-0.4, -0.2) is 67.3 Å². The highest BCUT2D eigenvalue weighted by molar-refractivity contribution is 7.56. The lowest BCUT2D eigenvalue weighted by Gasteiger charge is -2.28. The predicted octanol–water partition coefficient (Wildman–Crippen LogP) is 1.39. The zero-order valence-electron chi connectivity index (χ0n) is 18.6. The van der Waals surface area contributed by atoms with Crippen molar-refractivity contribution < 1.29 is 33.3 Å². The molecule has 0 aliphatic carbocycles. The Bertz CT molecular complexity index is 1010. The average molecular weight is 472 g/mol. The van der Waals surface area contributed by atoms with Crippen LogP contribution in [-0.2, 0) is 34.7 Å². The maximum atomic E-state index is 13.3. The van der Waals surface area contributed by atoms with Gasteiger partial charge >= 0.3 is 11.9 Å². The van der Waals surface area contributed by atoms with Crippen LogP contribution >= 0.6 is 7.52 Å². The molecule has 0 saturated heterocycles. The molecule has 2 aromatic heterocycles. The van der Waals surface area contributed by atoms with Crippen molar-refractivity contribution >= 4 is 36.4 Å². The van der Waals surface area contributed by atoms with Crippen LogP contribution < -0.4 is 10.8 Å². The number of aromatic nitrogens is 4. The third-order valence-electron chi connectivity index (χ3n) is 4.15. The highest BCUT2D eigenvalue weighted by Gasteiger charge is 2.38. The van der Waals surface area contributed by atoms with E-state index in [9.17, 15) is 19.3 Å². The second-order valence-corrected chi connectivity index (χ2v) is 10.0. The monoisotopic (exact) mass is 472 g/mol. The van der Waals surface area contributed by atoms with Crippen LogP contribution in [0.15, 0.2) is 12.7 Å². The summed E-state index contributed by atoms with van der Waals surface area (Å²) in [6, 6.07) is 0. The van der Waals surface area contributed by atoms with Crippen LogP contribution in [0.1, 0.15) is 34.6 Å². The Morgan fingerprint density at radius 1 is 1.28 bits per heavy atom. The van der Waals surface area contributed by atoms with Gasteiger partial charge in [-0.05, 0) is 34.6 Å². The minimum Gasteiger partial charge on any atom is -0.480 e. The zero-order valence-corrected chi connectivity index (χ0v) is 19.5. The summed E-state index contributed by atoms with van der Waals surface area (Å²) >= 11 is 0. The number of nitrogens with two attached hydrogens (primary N) is 1. The van der Waals surface area contributed by atoms with E-state index in [2.05, 4.69) is 20.0 Å². The number of carbonyl (C=O) groups is 2. The fourth-order valence-corrected chi connectivity index (χ4v) is 4.53. The first-order chi connectivity index (χ1) is 14.8. The standard InChI is InChI=1S/C18H29N6O7P/c1-11(2)31-13(25)7-30-32(28,23-18(4,5)17(26)27)10-29-12(3)6-24-9-22-14-15(19)20-8-21-16(14)24/h8-9,11-12H,6-7,10H2,1-5H3,(H,23,28)(H,26,27)(H2,19,20,21)/t12-,32-/m1/s1. The van der Waals surface area contributed by atoms with Crippen molar-refractivity contribution in [2.45, 2.75) is 58.9 Å². The number of aliphatic carboxylic acids is 1. The fourth-order valence-electron chi connectivity index (χ4n) is 2.62. The van der Waals surface area contributed by atoms with Gasteiger partial charge in [-0.25, -0.2) is 24.8 Å². The van der Waals surface area contributed by atoms with Crippen molar-refractivity contribution in [3.63, 3.8) is 0 Å². The Morgan fingerprint density at radius 2 is 1.97 bits per heavy atom. The number of nitrogens with one attached hydrogen (secondary N) is 1. The fraction of sp³-hybridized carbons (Fsp3) is 0.611. The number of rotatable bonds is 12. The second-order valence-electron chi connectivity index (χ2n) is 7.96. The highest BCUT2D eigenvalue weighted by Crippen LogP contribution is 2.45. The van der Waals surface area contributed by atoms with Gasteiger partial charge in [0.2, 0.25) is 0 Å². The van der Waals surface area contributed by atoms with E-state index >= 15 is 0 Å². The van der Waals surface area contributed by atoms with Gasteiger partial charge < -0.3 is 29.4 Å². The summed E-state index contributed by atoms with van der Waals surface area (Å²) in [7, 11) is -3.92. The molecule has 0 aliphatic heterocycles. The van der Waals surface area contributed by atoms with Gasteiger partial charge in [0.25, 0.3) is 7.52 Å². The van der Waals surface area contributed by atoms with Gasteiger partial charge in [-0.1, -0.05) is 0 Å². The van der Waals surface area contributed by atoms with E-state index in [1.807, 2.05) is 0 Å². The van der Waals surface area contributed by atoms with Gasteiger partial charge in [-0.2, -0.15) is 0 Å². The molecule has 2 atom stereocenters. The summed E-state index contributed by atoms with van der Waals surface area (Å²) < 4.78 is 30.9. The third kappa shape index (κ3) is 6.95. The Kier molecular flexibility index (Phi) is 8.29. The van der Waals surface area contributed by atoms with Crippen molar-refractivity contribution in [3.8, 4) is 0 Å². The summed E-state index contributed by atoms with van der Waals surface area (Å²) in [4.78, 5) is 35.5. The molecule has 0 amide bonds. The Labute approximate surface area is 185 Å². The van der Waals surface area contributed by atoms with Crippen molar-refractivity contribution in [1.82, 2.24) is 24.6 Å². The third-order valence-corrected chi connectivity index (χ3v) is 6.09. The first kappa shape index (κ1) is 25.7. The number of fused-ring (bicyclic) bond motifs is 1. The Morgan fingerprint density at radius 3 is 2.59 bits per heavy atom. The Balaban J connectivity index is 2.08. The molecule has 13 nitrogen and oxygen atoms in total. The maximum absolute atomic E-state index is 13.3. The molecule has 0 saturated carbocycles. The van der Waals surface area contributed by atoms with Gasteiger partial charge in [0.15, 0.2) is 18.1 Å². The van der Waals surface area contributed by atoms with Crippen molar-refractivity contribution in [2.75, 3.05) is 18.7 Å². The molecule has 32 heavy (non-hydrogen) atoms. The number of hydrogen-bond acceptors (Lipinski definition) is 10. The first-order valence-corrected chi connectivity index (χ1v) is 11.6. The average Bonchev–Trinajstić information content (AvgIpc) is 3.08. The zero-order chi connectivity index (χ0) is 24.1. The number of ether oxygens (including phenoxy) is 2. The molecule has 2 heterocycles. The number of carboxylic acids is 1. The van der Waals surface area contributed by atoms with Gasteiger partial charge in [0.1, 0.15) is 23.7 Å². The molecule has 0 fully saturated rings. The molecule has 0 unspecified atom stereocenters. The largest absolute Gasteiger partial charge is 0.480 e. The van der Waals surface area contributed by atoms with Crippen molar-refractivity contribution in [1.29, 1.82) is 0 Å². The van der Waals surface area contributed by atoms with E-state index in [-0.39, 0.29) is 18.5 Å². The molecule has 2 aromatic rings. The van der Waals surface area contributed by atoms with Gasteiger partial charge in [0, 0.05) is 0 Å². The second kappa shape index (κ2) is 10.3. The molecule has 0 radical (unpaired) electrons. The summed E-state index contributed by atoms with van der Waals surface area (Å²) in [6.07, 6.45) is 1.48. The van der Waals surface area contributed by atoms with E-state index in [1.54, 1.807) is 25.3 Å². The number of nitrogen functional groups attached to an aromatic ring is 1. The smallest absolute Gasteiger partial charge is 0.332 e. The topological polar surface area (TPSA) is 181 Å². The number of anilines is 1. The number of hydrogen-bond donors (Lipinski definition) is 3. The van der Waals surface area contributed by atoms with Gasteiger partial charge in [0.05, 0.1) is 25.1 Å². The van der Waals surface area contributed by atoms with Gasteiger partial charge in [-0.15, -0.1) is 0 Å². The van der Waals surface area contributed by atoms with Crippen molar-refractivity contribution in [3.05, 3.63) is 12.7 Å². The predicted molar refractivity (Wildman–Crippen MR) is 115 cm³/mol. The van der Waals surface area contributed by atoms with E-state index in [0.29, 0.717) is 11.2 Å². The van der Waals surface area contributed by atoms with Crippen LogP contribution in [0.2, 0.25) is 0 Å². The first-order valence-electron chi connectivity index (χ1n) is 9.82. The van der Waals surface area contributed by atoms with Crippen LogP contribution in [0.5, 0.6) is 0 Å². The van der Waals surface area contributed by atoms with E-state index in [4.69, 9.17) is 19.7 Å². The molecule has 0 bridgehead atoms. The number of esters is 1. The highest BCUT2D eigenvalue weighted by atomic mass is 31.2. The number of nitrogens with zero attached hydrogens (tertiary/aromatic N) is 4. The number of carboxylic acid groups (broad SMARTS) is 1. The number of carbonyl (C=O) groups excluding carboxylic acids is 1. The van der Waals surface area contributed by atoms with Gasteiger partial charge in [-0.3, -0.25) is 9.36 Å². The quantitative estimate of drug-likeness (QED) is 0.299. The molecule has 0 spiro atoms. The molecule has 0 aromatic carbocycles. The van der Waals surface area contributed by atoms with Crippen LogP contribution in [0, 0.1) is 0 Å². The molecular formula is C18H29N6O7P. The molecule has 178 valence electrons. The molecular weight excluding hydrogens is 443 g/mol. The van der Waals surface area contributed by atoms with Crippen LogP contribution in [0.3, 0.4) is 0 Å². The number of imidazole rings is 1. The molecule has 2 rings (SSSR count). The lowest BCUT2D eigenvalue weighted by Crippen LogP contribution is -2.46. The molecule has 0 aliphatic rings. The van der Waals surface area contributed by atoms with E-state index in [0.717, 1.165) is 0 Å². The summed E-state index contributed by atoms with van der Waals surface area (Å²) in [5, 5.41) is 11.8. The van der Waals surface area contributed by atoms with Crippen LogP contribution in [0.25, 0.3) is 11.2 Å². The maximum Gasteiger partial charge on any atom is 0.332 e. The lowest BCUT2D eigenvalue weighted by molar-refractivity contribution is -0.149. The minimum atomic E-state index is -3.92. The van der Waals surface area contributed by atoms with Crippen LogP contribution in [0.4, 0.5) is 5.82 Å². The van der Waals surface area contributed by atoms with E-state index in [1.165, 1.54) is 26.5 Å². The van der Waals surface area contributed by atoms with E-state index < -0.39 is 44.1 Å². The van der Waals surface area contributed by atoms with Crippen molar-refractivity contribution in [2.24, 2.45) is 0 Å². The summed E-state index contributed by atoms with van der Waals surface area (Å²) in [5.41, 5.74) is 5.14. The lowest BCUT2D eigenvalue weighted by atomic mass is 10.1. The normalized spacial score (nSPS) is 14.9. The molecule has 14 heteroatoms. The Hall–Kier alpha value is -2.60. The summed E-state index contributed by atoms with van der Waals surface area (Å²) in [6.45, 7) is 7.34. The summed E-state index contributed by atoms with van der Waals surface area (Å²) in [5.74, 6) is -1.74. The SMILES string of the molecule is CC(C)OC(=O)CO[P@](=O)(CO[C@H](C)Cn1cnc2c(N)ncnc21)NC(C)(C)C(=O)O.